The van der Waals surface area contributed by atoms with Crippen molar-refractivity contribution in [3.05, 3.63) is 102 Å². The van der Waals surface area contributed by atoms with Crippen molar-refractivity contribution in [1.82, 2.24) is 5.32 Å². The van der Waals surface area contributed by atoms with E-state index >= 15 is 0 Å². The Bertz CT molecular complexity index is 972. The number of ether oxygens (including phenoxy) is 1. The van der Waals surface area contributed by atoms with Gasteiger partial charge in [0.15, 0.2) is 0 Å². The van der Waals surface area contributed by atoms with Gasteiger partial charge >= 0.3 is 6.09 Å². The van der Waals surface area contributed by atoms with Gasteiger partial charge in [-0.1, -0.05) is 49.6 Å². The molecule has 2 amide bonds. The molecule has 0 radical (unpaired) electrons. The molecule has 0 unspecified atom stereocenters. The summed E-state index contributed by atoms with van der Waals surface area (Å²) in [7, 11) is 0. The first-order valence-corrected chi connectivity index (χ1v) is 9.61. The van der Waals surface area contributed by atoms with E-state index in [1.807, 2.05) is 30.3 Å². The molecule has 0 heterocycles. The molecule has 0 saturated carbocycles. The number of benzene rings is 2. The van der Waals surface area contributed by atoms with Gasteiger partial charge in [0, 0.05) is 17.8 Å². The summed E-state index contributed by atoms with van der Waals surface area (Å²) in [6.07, 6.45) is 0.933. The lowest BCUT2D eigenvalue weighted by Gasteiger charge is -2.09. The van der Waals surface area contributed by atoms with Crippen molar-refractivity contribution in [1.29, 1.82) is 0 Å². The highest BCUT2D eigenvalue weighted by atomic mass is 19.1. The van der Waals surface area contributed by atoms with Crippen LogP contribution in [0.1, 0.15) is 28.8 Å². The molecule has 0 atom stereocenters. The Morgan fingerprint density at radius 2 is 1.77 bits per heavy atom. The number of carbonyl (C=O) groups is 2. The zero-order chi connectivity index (χ0) is 22.6. The first kappa shape index (κ1) is 23.5. The number of rotatable bonds is 10. The van der Waals surface area contributed by atoms with E-state index in [0.717, 1.165) is 11.6 Å². The zero-order valence-electron chi connectivity index (χ0n) is 17.0. The summed E-state index contributed by atoms with van der Waals surface area (Å²) in [4.78, 5) is 24.3. The van der Waals surface area contributed by atoms with Crippen LogP contribution in [-0.2, 0) is 11.3 Å². The van der Waals surface area contributed by atoms with Crippen LogP contribution >= 0.6 is 0 Å². The first-order chi connectivity index (χ1) is 14.8. The van der Waals surface area contributed by atoms with E-state index in [1.165, 1.54) is 6.07 Å². The van der Waals surface area contributed by atoms with E-state index < -0.39 is 17.7 Å². The first-order valence-electron chi connectivity index (χ1n) is 9.61. The van der Waals surface area contributed by atoms with Gasteiger partial charge in [0.25, 0.3) is 5.91 Å². The van der Waals surface area contributed by atoms with E-state index in [-0.39, 0.29) is 31.1 Å². The van der Waals surface area contributed by atoms with Crippen LogP contribution in [0.2, 0.25) is 0 Å². The molecule has 0 aliphatic carbocycles. The normalized spacial score (nSPS) is 10.8. The largest absolute Gasteiger partial charge is 0.444 e. The molecule has 31 heavy (non-hydrogen) atoms. The summed E-state index contributed by atoms with van der Waals surface area (Å²) in [5, 5.41) is 5.27. The van der Waals surface area contributed by atoms with Gasteiger partial charge in [0.2, 0.25) is 0 Å². The molecule has 2 aromatic rings. The monoisotopic (exact) mass is 426 g/mol. The van der Waals surface area contributed by atoms with Crippen LogP contribution in [-0.4, -0.2) is 18.5 Å². The molecule has 0 spiro atoms. The molecule has 162 valence electrons. The van der Waals surface area contributed by atoms with Crippen molar-refractivity contribution < 1.29 is 23.1 Å². The quantitative estimate of drug-likeness (QED) is 0.371. The summed E-state index contributed by atoms with van der Waals surface area (Å²) >= 11 is 0. The molecule has 0 aliphatic heterocycles. The molecule has 5 nitrogen and oxygen atoms in total. The highest BCUT2D eigenvalue weighted by molar-refractivity contribution is 5.96. The molecular formula is C24H24F2N2O3. The summed E-state index contributed by atoms with van der Waals surface area (Å²) in [6, 6.07) is 15.6. The smallest absolute Gasteiger partial charge is 0.411 e. The van der Waals surface area contributed by atoms with Gasteiger partial charge in [-0.25, -0.2) is 13.6 Å². The van der Waals surface area contributed by atoms with Gasteiger partial charge in [-0.15, -0.1) is 0 Å². The fourth-order valence-electron chi connectivity index (χ4n) is 2.67. The lowest BCUT2D eigenvalue weighted by molar-refractivity contribution is 0.0953. The molecule has 0 fully saturated rings. The second-order valence-corrected chi connectivity index (χ2v) is 6.65. The van der Waals surface area contributed by atoms with Crippen molar-refractivity contribution in [2.24, 2.45) is 0 Å². The predicted octanol–water partition coefficient (Wildman–Crippen LogP) is 5.84. The van der Waals surface area contributed by atoms with Crippen molar-refractivity contribution >= 4 is 17.7 Å². The second-order valence-electron chi connectivity index (χ2n) is 6.65. The summed E-state index contributed by atoms with van der Waals surface area (Å²) in [5.74, 6) is -1.85. The minimum atomic E-state index is -0.760. The van der Waals surface area contributed by atoms with Crippen molar-refractivity contribution in [3.8, 4) is 0 Å². The molecule has 0 aromatic heterocycles. The Kier molecular flexibility index (Phi) is 9.16. The minimum Gasteiger partial charge on any atom is -0.444 e. The standard InChI is InChI=1S/C24H24F2N2O3/c1-17(25)14-20(18(2)26)11-7-13-27-23(29)21-10-6-12-22(15-21)28-24(30)31-16-19-8-4-3-5-9-19/h3-6,8-10,12,14-15H,1-2,7,11,13,16H2,(H,27,29)(H,28,30)/b20-14-. The third-order valence-electron chi connectivity index (χ3n) is 4.17. The topological polar surface area (TPSA) is 67.4 Å². The van der Waals surface area contributed by atoms with E-state index in [9.17, 15) is 18.4 Å². The highest BCUT2D eigenvalue weighted by Crippen LogP contribution is 2.18. The Labute approximate surface area is 180 Å². The molecular weight excluding hydrogens is 402 g/mol. The van der Waals surface area contributed by atoms with Crippen LogP contribution in [0.15, 0.2) is 91.1 Å². The van der Waals surface area contributed by atoms with Gasteiger partial charge in [-0.3, -0.25) is 10.1 Å². The number of hydrogen-bond donors (Lipinski definition) is 2. The van der Waals surface area contributed by atoms with Crippen molar-refractivity contribution in [2.45, 2.75) is 19.4 Å². The third-order valence-corrected chi connectivity index (χ3v) is 4.17. The number of nitrogens with one attached hydrogen (secondary N) is 2. The molecule has 2 aromatic carbocycles. The van der Waals surface area contributed by atoms with E-state index in [1.54, 1.807) is 18.2 Å². The summed E-state index contributed by atoms with van der Waals surface area (Å²) in [5.41, 5.74) is 1.70. The van der Waals surface area contributed by atoms with Gasteiger partial charge in [0.1, 0.15) is 18.3 Å². The van der Waals surface area contributed by atoms with Gasteiger partial charge in [-0.2, -0.15) is 0 Å². The Morgan fingerprint density at radius 1 is 1.03 bits per heavy atom. The average Bonchev–Trinajstić information content (AvgIpc) is 2.74. The maximum atomic E-state index is 13.3. The van der Waals surface area contributed by atoms with E-state index in [0.29, 0.717) is 17.7 Å². The Hall–Kier alpha value is -3.74. The SMILES string of the molecule is C=C(F)/C=C(/CCCNC(=O)c1cccc(NC(=O)OCc2ccccc2)c1)C(=C)F. The fraction of sp³-hybridized carbons (Fsp3) is 0.167. The fourth-order valence-corrected chi connectivity index (χ4v) is 2.67. The van der Waals surface area contributed by atoms with Gasteiger partial charge in [-0.05, 0) is 48.3 Å². The second kappa shape index (κ2) is 12.1. The molecule has 7 heteroatoms. The molecule has 2 N–H and O–H groups in total. The predicted molar refractivity (Wildman–Crippen MR) is 117 cm³/mol. The summed E-state index contributed by atoms with van der Waals surface area (Å²) < 4.78 is 31.3. The number of allylic oxidation sites excluding steroid dienone is 4. The molecule has 2 rings (SSSR count). The van der Waals surface area contributed by atoms with Crippen molar-refractivity contribution in [3.63, 3.8) is 0 Å². The Morgan fingerprint density at radius 3 is 2.45 bits per heavy atom. The van der Waals surface area contributed by atoms with Crippen LogP contribution in [0.4, 0.5) is 19.3 Å². The van der Waals surface area contributed by atoms with Crippen LogP contribution in [0.25, 0.3) is 0 Å². The number of amides is 2. The average molecular weight is 426 g/mol. The van der Waals surface area contributed by atoms with Crippen molar-refractivity contribution in [2.75, 3.05) is 11.9 Å². The minimum absolute atomic E-state index is 0.0990. The maximum Gasteiger partial charge on any atom is 0.411 e. The highest BCUT2D eigenvalue weighted by Gasteiger charge is 2.09. The molecule has 0 saturated heterocycles. The van der Waals surface area contributed by atoms with Gasteiger partial charge < -0.3 is 10.1 Å². The van der Waals surface area contributed by atoms with Crippen LogP contribution in [0, 0.1) is 0 Å². The van der Waals surface area contributed by atoms with Crippen LogP contribution in [0.3, 0.4) is 0 Å². The number of carbonyl (C=O) groups excluding carboxylic acids is 2. The van der Waals surface area contributed by atoms with E-state index in [4.69, 9.17) is 4.74 Å². The molecule has 0 aliphatic rings. The number of anilines is 1. The number of halogens is 2. The summed E-state index contributed by atoms with van der Waals surface area (Å²) in [6.45, 7) is 6.61. The van der Waals surface area contributed by atoms with Gasteiger partial charge in [0.05, 0.1) is 0 Å². The maximum absolute atomic E-state index is 13.3. The lowest BCUT2D eigenvalue weighted by atomic mass is 10.1. The van der Waals surface area contributed by atoms with E-state index in [2.05, 4.69) is 23.8 Å². The molecule has 0 bridgehead atoms. The number of hydrogen-bond acceptors (Lipinski definition) is 3. The van der Waals surface area contributed by atoms with Crippen LogP contribution in [0.5, 0.6) is 0 Å². The van der Waals surface area contributed by atoms with Crippen LogP contribution < -0.4 is 10.6 Å². The zero-order valence-corrected chi connectivity index (χ0v) is 17.0. The lowest BCUT2D eigenvalue weighted by Crippen LogP contribution is -2.24. The Balaban J connectivity index is 1.82. The third kappa shape index (κ3) is 8.65.